The van der Waals surface area contributed by atoms with E-state index in [1.807, 2.05) is 49.2 Å². The van der Waals surface area contributed by atoms with E-state index in [-0.39, 0.29) is 0 Å². The van der Waals surface area contributed by atoms with Crippen molar-refractivity contribution in [2.45, 2.75) is 26.7 Å². The van der Waals surface area contributed by atoms with Gasteiger partial charge < -0.3 is 16.0 Å². The number of fused-ring (bicyclic) bond motifs is 1. The molecule has 182 valence electrons. The van der Waals surface area contributed by atoms with Crippen LogP contribution in [0.2, 0.25) is 0 Å². The molecule has 5 rings (SSSR count). The van der Waals surface area contributed by atoms with E-state index >= 15 is 0 Å². The van der Waals surface area contributed by atoms with Crippen LogP contribution in [0.4, 0.5) is 29.0 Å². The second kappa shape index (κ2) is 9.61. The Balaban J connectivity index is 1.56. The molecule has 0 aliphatic rings. The van der Waals surface area contributed by atoms with Crippen molar-refractivity contribution in [1.29, 1.82) is 0 Å². The molecule has 0 unspecified atom stereocenters. The van der Waals surface area contributed by atoms with E-state index in [1.54, 1.807) is 12.5 Å². The maximum Gasteiger partial charge on any atom is 0.139 e. The van der Waals surface area contributed by atoms with Gasteiger partial charge in [0.2, 0.25) is 0 Å². The Morgan fingerprint density at radius 1 is 0.861 bits per heavy atom. The van der Waals surface area contributed by atoms with Crippen LogP contribution in [-0.4, -0.2) is 36.8 Å². The lowest BCUT2D eigenvalue weighted by Gasteiger charge is -2.17. The second-order valence-corrected chi connectivity index (χ2v) is 8.93. The van der Waals surface area contributed by atoms with Crippen molar-refractivity contribution in [3.8, 4) is 11.3 Å². The minimum atomic E-state index is 0.345. The van der Waals surface area contributed by atoms with Gasteiger partial charge >= 0.3 is 0 Å². The number of benzene rings is 1. The highest BCUT2D eigenvalue weighted by atomic mass is 15.3. The molecule has 0 fully saturated rings. The van der Waals surface area contributed by atoms with E-state index in [0.717, 1.165) is 56.4 Å². The van der Waals surface area contributed by atoms with E-state index in [4.69, 9.17) is 0 Å². The number of rotatable bonds is 7. The fraction of sp³-hybridized carbons (Fsp3) is 0.222. The predicted octanol–water partition coefficient (Wildman–Crippen LogP) is 5.78. The summed E-state index contributed by atoms with van der Waals surface area (Å²) in [6, 6.07) is 14.1. The van der Waals surface area contributed by atoms with Crippen molar-refractivity contribution in [1.82, 2.24) is 29.7 Å². The summed E-state index contributed by atoms with van der Waals surface area (Å²) in [7, 11) is 3.77. The highest BCUT2D eigenvalue weighted by Gasteiger charge is 2.15. The summed E-state index contributed by atoms with van der Waals surface area (Å²) in [6.45, 7) is 6.35. The van der Waals surface area contributed by atoms with E-state index in [0.29, 0.717) is 11.7 Å². The number of anilines is 5. The van der Waals surface area contributed by atoms with Crippen molar-refractivity contribution in [3.05, 3.63) is 72.4 Å². The van der Waals surface area contributed by atoms with Gasteiger partial charge in [-0.15, -0.1) is 0 Å². The molecule has 0 aliphatic heterocycles. The first-order valence-electron chi connectivity index (χ1n) is 11.9. The van der Waals surface area contributed by atoms with Crippen LogP contribution in [0.1, 0.15) is 31.0 Å². The van der Waals surface area contributed by atoms with Gasteiger partial charge in [-0.1, -0.05) is 26.0 Å². The van der Waals surface area contributed by atoms with Crippen LogP contribution in [0.3, 0.4) is 0 Å². The number of aryl methyl sites for hydroxylation is 2. The van der Waals surface area contributed by atoms with Crippen LogP contribution >= 0.6 is 0 Å². The van der Waals surface area contributed by atoms with Gasteiger partial charge in [-0.2, -0.15) is 5.10 Å². The van der Waals surface area contributed by atoms with Crippen molar-refractivity contribution in [2.75, 3.05) is 23.0 Å². The number of nitrogens with zero attached hydrogens (tertiary/aromatic N) is 6. The van der Waals surface area contributed by atoms with Crippen molar-refractivity contribution in [3.63, 3.8) is 0 Å². The maximum atomic E-state index is 4.64. The van der Waals surface area contributed by atoms with Crippen LogP contribution in [0.15, 0.2) is 61.2 Å². The Bertz CT molecular complexity index is 1540. The van der Waals surface area contributed by atoms with Gasteiger partial charge in [-0.3, -0.25) is 4.68 Å². The normalized spacial score (nSPS) is 11.2. The molecule has 0 saturated carbocycles. The van der Waals surface area contributed by atoms with E-state index in [2.05, 4.69) is 80.0 Å². The van der Waals surface area contributed by atoms with Crippen LogP contribution in [-0.2, 0) is 7.05 Å². The minimum absolute atomic E-state index is 0.345. The molecule has 0 amide bonds. The average molecular weight is 480 g/mol. The monoisotopic (exact) mass is 479 g/mol. The highest BCUT2D eigenvalue weighted by Crippen LogP contribution is 2.36. The van der Waals surface area contributed by atoms with Gasteiger partial charge in [0.05, 0.1) is 17.1 Å². The molecule has 5 aromatic rings. The van der Waals surface area contributed by atoms with Crippen LogP contribution < -0.4 is 16.0 Å². The number of pyridine rings is 2. The zero-order chi connectivity index (χ0) is 25.2. The molecule has 9 heteroatoms. The molecule has 9 nitrogen and oxygen atoms in total. The Labute approximate surface area is 210 Å². The molecule has 1 aromatic carbocycles. The number of hydrogen-bond acceptors (Lipinski definition) is 8. The molecule has 0 radical (unpaired) electrons. The standard InChI is InChI=1S/C27H29N9/c1-16(2)21-14-24(36(5)35-21)33-26-19-9-8-17(3)25(18(19)10-12-30-26)34-27-20(7-6-11-29-27)22-13-23(28-4)32-15-31-22/h6-16H,1-5H3,(H,29,34)(H,30,33)(H,28,31,32). The van der Waals surface area contributed by atoms with Gasteiger partial charge in [0.25, 0.3) is 0 Å². The van der Waals surface area contributed by atoms with Crippen LogP contribution in [0.25, 0.3) is 22.0 Å². The molecule has 4 heterocycles. The third-order valence-corrected chi connectivity index (χ3v) is 6.14. The third kappa shape index (κ3) is 4.43. The minimum Gasteiger partial charge on any atom is -0.373 e. The average Bonchev–Trinajstić information content (AvgIpc) is 3.26. The molecule has 4 aromatic heterocycles. The summed E-state index contributed by atoms with van der Waals surface area (Å²) in [5.74, 6) is 3.47. The second-order valence-electron chi connectivity index (χ2n) is 8.93. The molecule has 3 N–H and O–H groups in total. The first-order chi connectivity index (χ1) is 17.4. The van der Waals surface area contributed by atoms with Crippen molar-refractivity contribution < 1.29 is 0 Å². The van der Waals surface area contributed by atoms with Gasteiger partial charge in [0.1, 0.15) is 29.6 Å². The summed E-state index contributed by atoms with van der Waals surface area (Å²) in [5.41, 5.74) is 4.76. The summed E-state index contributed by atoms with van der Waals surface area (Å²) < 4.78 is 1.85. The fourth-order valence-corrected chi connectivity index (χ4v) is 4.11. The number of aromatic nitrogens is 6. The first kappa shape index (κ1) is 23.2. The summed E-state index contributed by atoms with van der Waals surface area (Å²) in [5, 5.41) is 16.8. The lowest BCUT2D eigenvalue weighted by atomic mass is 10.0. The lowest BCUT2D eigenvalue weighted by molar-refractivity contribution is 0.718. The molecule has 0 aliphatic carbocycles. The quantitative estimate of drug-likeness (QED) is 0.270. The zero-order valence-electron chi connectivity index (χ0n) is 21.0. The summed E-state index contributed by atoms with van der Waals surface area (Å²) in [4.78, 5) is 18.0. The smallest absolute Gasteiger partial charge is 0.139 e. The highest BCUT2D eigenvalue weighted by molar-refractivity contribution is 6.03. The molecule has 0 bridgehead atoms. The van der Waals surface area contributed by atoms with E-state index in [9.17, 15) is 0 Å². The topological polar surface area (TPSA) is 105 Å². The van der Waals surface area contributed by atoms with Gasteiger partial charge in [-0.05, 0) is 36.6 Å². The Hall–Kier alpha value is -4.53. The summed E-state index contributed by atoms with van der Waals surface area (Å²) in [6.07, 6.45) is 5.14. The Kier molecular flexibility index (Phi) is 6.20. The Morgan fingerprint density at radius 2 is 1.69 bits per heavy atom. The van der Waals surface area contributed by atoms with E-state index < -0.39 is 0 Å². The van der Waals surface area contributed by atoms with Gasteiger partial charge in [0.15, 0.2) is 0 Å². The molecule has 0 saturated heterocycles. The third-order valence-electron chi connectivity index (χ3n) is 6.14. The first-order valence-corrected chi connectivity index (χ1v) is 11.9. The molecular formula is C27H29N9. The number of hydrogen-bond donors (Lipinski definition) is 3. The molecular weight excluding hydrogens is 450 g/mol. The molecule has 36 heavy (non-hydrogen) atoms. The van der Waals surface area contributed by atoms with E-state index in [1.165, 1.54) is 0 Å². The number of nitrogens with one attached hydrogen (secondary N) is 3. The zero-order valence-corrected chi connectivity index (χ0v) is 21.0. The summed E-state index contributed by atoms with van der Waals surface area (Å²) >= 11 is 0. The predicted molar refractivity (Wildman–Crippen MR) is 145 cm³/mol. The van der Waals surface area contributed by atoms with Crippen LogP contribution in [0.5, 0.6) is 0 Å². The Morgan fingerprint density at radius 3 is 2.47 bits per heavy atom. The van der Waals surface area contributed by atoms with Crippen molar-refractivity contribution in [2.24, 2.45) is 7.05 Å². The van der Waals surface area contributed by atoms with Gasteiger partial charge in [0, 0.05) is 55.0 Å². The van der Waals surface area contributed by atoms with Gasteiger partial charge in [-0.25, -0.2) is 19.9 Å². The van der Waals surface area contributed by atoms with Crippen molar-refractivity contribution >= 4 is 39.7 Å². The SMILES string of the molecule is CNc1cc(-c2cccnc2Nc2c(C)ccc3c(Nc4cc(C(C)C)nn4C)nccc23)ncn1. The fourth-order valence-electron chi connectivity index (χ4n) is 4.11. The largest absolute Gasteiger partial charge is 0.373 e. The van der Waals surface area contributed by atoms with Crippen LogP contribution in [0, 0.1) is 6.92 Å². The maximum absolute atomic E-state index is 4.64. The molecule has 0 atom stereocenters. The molecule has 0 spiro atoms. The lowest BCUT2D eigenvalue weighted by Crippen LogP contribution is -2.03.